The molecule has 2 N–H and O–H groups in total. The number of amides is 2. The molecule has 0 saturated heterocycles. The minimum atomic E-state index is -2.86. The van der Waals surface area contributed by atoms with Gasteiger partial charge in [-0.05, 0) is 41.3 Å². The van der Waals surface area contributed by atoms with Crippen molar-refractivity contribution in [3.05, 3.63) is 53.6 Å². The Bertz CT molecular complexity index is 844. The van der Waals surface area contributed by atoms with Gasteiger partial charge in [-0.25, -0.2) is 4.79 Å². The number of benzene rings is 2. The molecule has 1 aliphatic rings. The number of carbonyl (C=O) groups excluding carboxylic acids is 1. The highest BCUT2D eigenvalue weighted by atomic mass is 19.3. The molecule has 1 unspecified atom stereocenters. The highest BCUT2D eigenvalue weighted by Gasteiger charge is 2.21. The summed E-state index contributed by atoms with van der Waals surface area (Å²) >= 11 is 0. The Kier molecular flexibility index (Phi) is 7.32. The molecule has 0 fully saturated rings. The van der Waals surface area contributed by atoms with Gasteiger partial charge in [0.15, 0.2) is 11.5 Å². The van der Waals surface area contributed by atoms with E-state index in [-0.39, 0.29) is 30.3 Å². The maximum atomic E-state index is 12.5. The quantitative estimate of drug-likeness (QED) is 0.684. The van der Waals surface area contributed by atoms with Crippen LogP contribution >= 0.6 is 0 Å². The second-order valence-corrected chi connectivity index (χ2v) is 7.33. The van der Waals surface area contributed by atoms with Gasteiger partial charge in [-0.2, -0.15) is 8.78 Å². The van der Waals surface area contributed by atoms with Crippen LogP contribution in [0.25, 0.3) is 0 Å². The third kappa shape index (κ3) is 5.98. The lowest BCUT2D eigenvalue weighted by molar-refractivity contribution is -0.0498. The largest absolute Gasteiger partial charge is 0.490 e. The van der Waals surface area contributed by atoms with Crippen LogP contribution in [0, 0.1) is 5.92 Å². The smallest absolute Gasteiger partial charge is 0.387 e. The van der Waals surface area contributed by atoms with Crippen molar-refractivity contribution in [2.75, 3.05) is 13.2 Å². The molecule has 0 aromatic heterocycles. The van der Waals surface area contributed by atoms with Crippen LogP contribution in [0.1, 0.15) is 37.4 Å². The highest BCUT2D eigenvalue weighted by molar-refractivity contribution is 5.74. The number of nitrogens with one attached hydrogen (secondary N) is 2. The van der Waals surface area contributed by atoms with Crippen molar-refractivity contribution >= 4 is 6.03 Å². The van der Waals surface area contributed by atoms with Gasteiger partial charge in [0.25, 0.3) is 0 Å². The van der Waals surface area contributed by atoms with E-state index in [1.54, 1.807) is 12.1 Å². The molecule has 0 bridgehead atoms. The van der Waals surface area contributed by atoms with Crippen LogP contribution in [0.5, 0.6) is 17.2 Å². The summed E-state index contributed by atoms with van der Waals surface area (Å²) in [4.78, 5) is 12.5. The fraction of sp³-hybridized carbons (Fsp3) is 0.409. The summed E-state index contributed by atoms with van der Waals surface area (Å²) in [5.41, 5.74) is 1.70. The summed E-state index contributed by atoms with van der Waals surface area (Å²) in [5.74, 6) is 1.62. The summed E-state index contributed by atoms with van der Waals surface area (Å²) in [5, 5.41) is 5.78. The third-order valence-electron chi connectivity index (χ3n) is 4.69. The Morgan fingerprint density at radius 3 is 2.43 bits per heavy atom. The van der Waals surface area contributed by atoms with Gasteiger partial charge in [-0.3, -0.25) is 0 Å². The van der Waals surface area contributed by atoms with Crippen LogP contribution in [-0.4, -0.2) is 25.9 Å². The molecule has 2 aromatic carbocycles. The van der Waals surface area contributed by atoms with Crippen LogP contribution in [0.4, 0.5) is 13.6 Å². The van der Waals surface area contributed by atoms with E-state index in [1.807, 2.05) is 32.0 Å². The van der Waals surface area contributed by atoms with E-state index in [0.29, 0.717) is 24.7 Å². The van der Waals surface area contributed by atoms with E-state index < -0.39 is 6.61 Å². The fourth-order valence-electron chi connectivity index (χ4n) is 3.17. The first kappa shape index (κ1) is 21.7. The van der Waals surface area contributed by atoms with Crippen molar-refractivity contribution in [3.63, 3.8) is 0 Å². The summed E-state index contributed by atoms with van der Waals surface area (Å²) in [6, 6.07) is 11.3. The molecule has 30 heavy (non-hydrogen) atoms. The summed E-state index contributed by atoms with van der Waals surface area (Å²) in [6.45, 7) is 2.66. The predicted molar refractivity (Wildman–Crippen MR) is 108 cm³/mol. The molecule has 2 aromatic rings. The average Bonchev–Trinajstić information content (AvgIpc) is 2.95. The molecule has 162 valence electrons. The lowest BCUT2D eigenvalue weighted by atomic mass is 9.96. The standard InChI is InChI=1S/C22H26F2N2O4/c1-14(2)20(16-6-9-18-19(12-16)29-11-3-10-28-18)26-22(27)25-13-15-4-7-17(8-5-15)30-21(23)24/h4-9,12,14,20-21H,3,10-11,13H2,1-2H3,(H2,25,26,27). The Morgan fingerprint density at radius 2 is 1.77 bits per heavy atom. The van der Waals surface area contributed by atoms with Crippen LogP contribution < -0.4 is 24.8 Å². The molecule has 1 heterocycles. The molecular weight excluding hydrogens is 394 g/mol. The molecule has 0 aliphatic carbocycles. The Labute approximate surface area is 174 Å². The Balaban J connectivity index is 1.60. The van der Waals surface area contributed by atoms with Gasteiger partial charge >= 0.3 is 12.6 Å². The van der Waals surface area contributed by atoms with Gasteiger partial charge in [0.05, 0.1) is 19.3 Å². The topological polar surface area (TPSA) is 68.8 Å². The maximum Gasteiger partial charge on any atom is 0.387 e. The van der Waals surface area contributed by atoms with Crippen LogP contribution in [0.15, 0.2) is 42.5 Å². The van der Waals surface area contributed by atoms with Gasteiger partial charge in [0, 0.05) is 13.0 Å². The third-order valence-corrected chi connectivity index (χ3v) is 4.69. The van der Waals surface area contributed by atoms with Gasteiger partial charge in [-0.15, -0.1) is 0 Å². The molecule has 2 amide bonds. The molecule has 6 nitrogen and oxygen atoms in total. The number of alkyl halides is 2. The fourth-order valence-corrected chi connectivity index (χ4v) is 3.17. The molecule has 8 heteroatoms. The molecule has 3 rings (SSSR count). The number of halogens is 2. The van der Waals surface area contributed by atoms with Crippen LogP contribution in [0.3, 0.4) is 0 Å². The van der Waals surface area contributed by atoms with Crippen LogP contribution in [0.2, 0.25) is 0 Å². The second-order valence-electron chi connectivity index (χ2n) is 7.33. The van der Waals surface area contributed by atoms with Gasteiger partial charge in [0.2, 0.25) is 0 Å². The highest BCUT2D eigenvalue weighted by Crippen LogP contribution is 2.34. The zero-order valence-corrected chi connectivity index (χ0v) is 17.0. The van der Waals surface area contributed by atoms with Gasteiger partial charge in [0.1, 0.15) is 5.75 Å². The van der Waals surface area contributed by atoms with Crippen molar-refractivity contribution in [3.8, 4) is 17.2 Å². The van der Waals surface area contributed by atoms with Crippen molar-refractivity contribution in [1.29, 1.82) is 0 Å². The lowest BCUT2D eigenvalue weighted by Crippen LogP contribution is -2.39. The molecule has 1 atom stereocenters. The minimum absolute atomic E-state index is 0.0764. The first-order valence-electron chi connectivity index (χ1n) is 9.90. The van der Waals surface area contributed by atoms with E-state index in [9.17, 15) is 13.6 Å². The zero-order valence-electron chi connectivity index (χ0n) is 17.0. The Hall–Kier alpha value is -3.03. The molecule has 0 saturated carbocycles. The predicted octanol–water partition coefficient (Wildman–Crippen LogP) is 4.65. The number of carbonyl (C=O) groups is 1. The second kappa shape index (κ2) is 10.1. The van der Waals surface area contributed by atoms with E-state index in [1.165, 1.54) is 12.1 Å². The monoisotopic (exact) mass is 420 g/mol. The maximum absolute atomic E-state index is 12.5. The molecule has 0 radical (unpaired) electrons. The molecule has 0 spiro atoms. The summed E-state index contributed by atoms with van der Waals surface area (Å²) in [6.07, 6.45) is 0.827. The van der Waals surface area contributed by atoms with Crippen molar-refractivity contribution in [2.45, 2.75) is 39.5 Å². The number of fused-ring (bicyclic) bond motifs is 1. The molecule has 1 aliphatic heterocycles. The SMILES string of the molecule is CC(C)C(NC(=O)NCc1ccc(OC(F)F)cc1)c1ccc2c(c1)OCCCO2. The number of hydrogen-bond acceptors (Lipinski definition) is 4. The van der Waals surface area contributed by atoms with Crippen LogP contribution in [-0.2, 0) is 6.54 Å². The average molecular weight is 420 g/mol. The van der Waals surface area contributed by atoms with Gasteiger partial charge in [-0.1, -0.05) is 32.0 Å². The Morgan fingerprint density at radius 1 is 1.07 bits per heavy atom. The number of rotatable bonds is 7. The lowest BCUT2D eigenvalue weighted by Gasteiger charge is -2.24. The van der Waals surface area contributed by atoms with Gasteiger partial charge < -0.3 is 24.8 Å². The van der Waals surface area contributed by atoms with E-state index in [0.717, 1.165) is 17.5 Å². The van der Waals surface area contributed by atoms with Crippen molar-refractivity contribution < 1.29 is 27.8 Å². The number of ether oxygens (including phenoxy) is 3. The van der Waals surface area contributed by atoms with E-state index >= 15 is 0 Å². The summed E-state index contributed by atoms with van der Waals surface area (Å²) < 4.78 is 40.2. The summed E-state index contributed by atoms with van der Waals surface area (Å²) in [7, 11) is 0. The first-order valence-corrected chi connectivity index (χ1v) is 9.90. The van der Waals surface area contributed by atoms with E-state index in [4.69, 9.17) is 9.47 Å². The molecular formula is C22H26F2N2O4. The van der Waals surface area contributed by atoms with E-state index in [2.05, 4.69) is 15.4 Å². The minimum Gasteiger partial charge on any atom is -0.490 e. The number of hydrogen-bond donors (Lipinski definition) is 2. The normalized spacial score (nSPS) is 14.2. The zero-order chi connectivity index (χ0) is 21.5. The first-order chi connectivity index (χ1) is 14.4. The van der Waals surface area contributed by atoms with Crippen molar-refractivity contribution in [1.82, 2.24) is 10.6 Å². The van der Waals surface area contributed by atoms with Crippen molar-refractivity contribution in [2.24, 2.45) is 5.92 Å². The number of urea groups is 1.